The van der Waals surface area contributed by atoms with E-state index in [9.17, 15) is 14.9 Å². The molecule has 2 atom stereocenters. The van der Waals surface area contributed by atoms with E-state index in [1.165, 1.54) is 6.07 Å². The Hall–Kier alpha value is -1.62. The molecule has 0 aromatic heterocycles. The summed E-state index contributed by atoms with van der Waals surface area (Å²) in [5, 5.41) is 11.2. The van der Waals surface area contributed by atoms with Crippen LogP contribution in [0, 0.1) is 10.1 Å². The van der Waals surface area contributed by atoms with E-state index in [-0.39, 0.29) is 22.8 Å². The van der Waals surface area contributed by atoms with Crippen LogP contribution in [-0.4, -0.2) is 22.8 Å². The van der Waals surface area contributed by atoms with Crippen LogP contribution in [0.25, 0.3) is 0 Å². The van der Waals surface area contributed by atoms with Crippen molar-refractivity contribution >= 4 is 28.8 Å². The first-order valence-corrected chi connectivity index (χ1v) is 7.18. The Morgan fingerprint density at radius 2 is 1.90 bits per heavy atom. The summed E-state index contributed by atoms with van der Waals surface area (Å²) in [6.45, 7) is 0. The van der Waals surface area contributed by atoms with E-state index in [0.717, 1.165) is 24.9 Å². The van der Waals surface area contributed by atoms with Gasteiger partial charge in [0.05, 0.1) is 4.92 Å². The highest BCUT2D eigenvalue weighted by atomic mass is 35.5. The number of ketones is 1. The third kappa shape index (κ3) is 2.26. The second-order valence-electron chi connectivity index (χ2n) is 5.49. The topological polar surface area (TPSA) is 63.5 Å². The number of carbonyl (C=O) groups is 1. The molecule has 0 amide bonds. The lowest BCUT2D eigenvalue weighted by Gasteiger charge is -2.47. The van der Waals surface area contributed by atoms with Crippen LogP contribution in [0.3, 0.4) is 0 Å². The maximum absolute atomic E-state index is 11.7. The van der Waals surface area contributed by atoms with Gasteiger partial charge in [-0.15, -0.1) is 0 Å². The third-order valence-corrected chi connectivity index (χ3v) is 4.53. The second-order valence-corrected chi connectivity index (χ2v) is 5.89. The van der Waals surface area contributed by atoms with E-state index in [1.807, 2.05) is 6.07 Å². The number of Topliss-reactive ketones (excluding diaryl/α,β-unsaturated/α-hetero) is 1. The first-order valence-electron chi connectivity index (χ1n) is 6.80. The van der Waals surface area contributed by atoms with Crippen LogP contribution < -0.4 is 4.90 Å². The highest BCUT2D eigenvalue weighted by Gasteiger charge is 2.38. The molecular formula is C14H15ClN2O3. The monoisotopic (exact) mass is 294 g/mol. The van der Waals surface area contributed by atoms with Gasteiger partial charge in [0, 0.05) is 36.7 Å². The summed E-state index contributed by atoms with van der Waals surface area (Å²) in [4.78, 5) is 24.5. The molecule has 20 heavy (non-hydrogen) atoms. The molecule has 0 spiro atoms. The molecule has 2 heterocycles. The van der Waals surface area contributed by atoms with Crippen molar-refractivity contribution in [2.24, 2.45) is 0 Å². The molecule has 0 radical (unpaired) electrons. The molecule has 2 aliphatic heterocycles. The van der Waals surface area contributed by atoms with Gasteiger partial charge in [-0.1, -0.05) is 11.6 Å². The summed E-state index contributed by atoms with van der Waals surface area (Å²) >= 11 is 5.86. The summed E-state index contributed by atoms with van der Waals surface area (Å²) in [5.41, 5.74) is 0.738. The van der Waals surface area contributed by atoms with E-state index in [4.69, 9.17) is 11.6 Å². The number of rotatable bonds is 2. The van der Waals surface area contributed by atoms with Gasteiger partial charge >= 0.3 is 0 Å². The molecule has 0 saturated carbocycles. The molecule has 0 aliphatic carbocycles. The van der Waals surface area contributed by atoms with E-state index < -0.39 is 4.92 Å². The normalized spacial score (nSPS) is 25.6. The van der Waals surface area contributed by atoms with Crippen molar-refractivity contribution < 1.29 is 9.72 Å². The quantitative estimate of drug-likeness (QED) is 0.620. The van der Waals surface area contributed by atoms with Crippen LogP contribution >= 0.6 is 11.6 Å². The van der Waals surface area contributed by atoms with Gasteiger partial charge in [0.1, 0.15) is 10.8 Å². The fraction of sp³-hybridized carbons (Fsp3) is 0.500. The fourth-order valence-corrected chi connectivity index (χ4v) is 3.58. The van der Waals surface area contributed by atoms with Crippen molar-refractivity contribution in [3.05, 3.63) is 33.3 Å². The van der Waals surface area contributed by atoms with Crippen LogP contribution in [0.4, 0.5) is 11.4 Å². The van der Waals surface area contributed by atoms with E-state index in [2.05, 4.69) is 4.90 Å². The Balaban J connectivity index is 1.98. The molecule has 2 fully saturated rings. The number of hydrogen-bond donors (Lipinski definition) is 0. The van der Waals surface area contributed by atoms with Crippen LogP contribution in [-0.2, 0) is 4.79 Å². The third-order valence-electron chi connectivity index (χ3n) is 4.21. The molecule has 2 saturated heterocycles. The van der Waals surface area contributed by atoms with Crippen molar-refractivity contribution in [1.82, 2.24) is 0 Å². The molecule has 106 valence electrons. The molecule has 5 nitrogen and oxygen atoms in total. The molecule has 1 aromatic carbocycles. The summed E-state index contributed by atoms with van der Waals surface area (Å²) in [5.74, 6) is 0.305. The number of benzene rings is 1. The second kappa shape index (κ2) is 5.05. The molecule has 2 unspecified atom stereocenters. The number of piperidine rings is 2. The molecular weight excluding hydrogens is 280 g/mol. The van der Waals surface area contributed by atoms with Crippen molar-refractivity contribution in [2.75, 3.05) is 4.90 Å². The minimum Gasteiger partial charge on any atom is -0.364 e. The number of halogens is 1. The highest BCUT2D eigenvalue weighted by molar-refractivity contribution is 6.32. The van der Waals surface area contributed by atoms with E-state index >= 15 is 0 Å². The van der Waals surface area contributed by atoms with Gasteiger partial charge in [-0.25, -0.2) is 0 Å². The van der Waals surface area contributed by atoms with Crippen LogP contribution in [0.5, 0.6) is 0 Å². The van der Waals surface area contributed by atoms with Crippen LogP contribution in [0.2, 0.25) is 5.02 Å². The summed E-state index contributed by atoms with van der Waals surface area (Å²) in [7, 11) is 0. The molecule has 2 aliphatic rings. The Labute approximate surface area is 121 Å². The average molecular weight is 295 g/mol. The molecule has 3 rings (SSSR count). The number of carbonyl (C=O) groups excluding carboxylic acids is 1. The van der Waals surface area contributed by atoms with Crippen molar-refractivity contribution in [2.45, 2.75) is 44.2 Å². The van der Waals surface area contributed by atoms with Crippen LogP contribution in [0.15, 0.2) is 18.2 Å². The number of anilines is 1. The largest absolute Gasteiger partial charge is 0.364 e. The lowest BCUT2D eigenvalue weighted by molar-refractivity contribution is -0.384. The first kappa shape index (κ1) is 13.4. The van der Waals surface area contributed by atoms with Crippen LogP contribution in [0.1, 0.15) is 32.1 Å². The lowest BCUT2D eigenvalue weighted by Crippen LogP contribution is -2.52. The molecule has 2 bridgehead atoms. The standard InChI is InChI=1S/C14H15ClN2O3/c15-13-5-4-11(8-14(13)17(19)20)16-9-2-1-3-10(16)7-12(18)6-9/h4-5,8-10H,1-3,6-7H2. The zero-order valence-corrected chi connectivity index (χ0v) is 11.7. The number of hydrogen-bond acceptors (Lipinski definition) is 4. The summed E-state index contributed by atoms with van der Waals surface area (Å²) in [6.07, 6.45) is 4.16. The van der Waals surface area contributed by atoms with Gasteiger partial charge in [0.25, 0.3) is 5.69 Å². The zero-order chi connectivity index (χ0) is 14.3. The maximum atomic E-state index is 11.7. The summed E-state index contributed by atoms with van der Waals surface area (Å²) < 4.78 is 0. The Morgan fingerprint density at radius 1 is 1.25 bits per heavy atom. The van der Waals surface area contributed by atoms with E-state index in [1.54, 1.807) is 6.07 Å². The van der Waals surface area contributed by atoms with E-state index in [0.29, 0.717) is 18.6 Å². The maximum Gasteiger partial charge on any atom is 0.289 e. The van der Waals surface area contributed by atoms with Gasteiger partial charge in [-0.05, 0) is 31.4 Å². The predicted octanol–water partition coefficient (Wildman–Crippen LogP) is 3.34. The van der Waals surface area contributed by atoms with Gasteiger partial charge in [-0.3, -0.25) is 14.9 Å². The van der Waals surface area contributed by atoms with Gasteiger partial charge in [0.2, 0.25) is 0 Å². The summed E-state index contributed by atoms with van der Waals surface area (Å²) in [6, 6.07) is 5.27. The predicted molar refractivity (Wildman–Crippen MR) is 76.3 cm³/mol. The number of nitrogens with zero attached hydrogens (tertiary/aromatic N) is 2. The van der Waals surface area contributed by atoms with Crippen molar-refractivity contribution in [1.29, 1.82) is 0 Å². The fourth-order valence-electron chi connectivity index (χ4n) is 3.40. The Kier molecular flexibility index (Phi) is 3.38. The molecule has 6 heteroatoms. The van der Waals surface area contributed by atoms with Crippen molar-refractivity contribution in [3.63, 3.8) is 0 Å². The first-order chi connectivity index (χ1) is 9.56. The minimum absolute atomic E-state index is 0.0702. The zero-order valence-electron chi connectivity index (χ0n) is 10.9. The Morgan fingerprint density at radius 3 is 2.50 bits per heavy atom. The number of nitro groups is 1. The lowest BCUT2D eigenvalue weighted by atomic mass is 9.83. The minimum atomic E-state index is -0.462. The van der Waals surface area contributed by atoms with Gasteiger partial charge in [-0.2, -0.15) is 0 Å². The molecule has 0 N–H and O–H groups in total. The SMILES string of the molecule is O=C1CC2CCCC(C1)N2c1ccc(Cl)c([N+](=O)[O-])c1. The van der Waals surface area contributed by atoms with Crippen molar-refractivity contribution in [3.8, 4) is 0 Å². The smallest absolute Gasteiger partial charge is 0.289 e. The Bertz CT molecular complexity index is 560. The molecule has 1 aromatic rings. The number of fused-ring (bicyclic) bond motifs is 2. The van der Waals surface area contributed by atoms with Gasteiger partial charge < -0.3 is 4.90 Å². The average Bonchev–Trinajstić information content (AvgIpc) is 2.38. The number of nitro benzene ring substituents is 1. The van der Waals surface area contributed by atoms with Gasteiger partial charge in [0.15, 0.2) is 0 Å². The highest BCUT2D eigenvalue weighted by Crippen LogP contribution is 2.38.